The minimum atomic E-state index is 0.484. The maximum absolute atomic E-state index is 9.82. The smallest absolute Gasteiger partial charge is 0.196 e. The van der Waals surface area contributed by atoms with E-state index in [0.717, 1.165) is 44.3 Å². The second kappa shape index (κ2) is 9.24. The fourth-order valence-electron chi connectivity index (χ4n) is 6.39. The van der Waals surface area contributed by atoms with Gasteiger partial charge in [-0.1, -0.05) is 72.8 Å². The van der Waals surface area contributed by atoms with Crippen LogP contribution >= 0.6 is 0 Å². The molecule has 2 aromatic heterocycles. The first-order valence-corrected chi connectivity index (χ1v) is 13.8. The van der Waals surface area contributed by atoms with Crippen molar-refractivity contribution in [2.45, 2.75) is 0 Å². The van der Waals surface area contributed by atoms with Gasteiger partial charge in [0.1, 0.15) is 0 Å². The number of hydrogen-bond acceptors (Lipinski definition) is 1. The maximum Gasteiger partial charge on any atom is 0.196 e. The van der Waals surface area contributed by atoms with Gasteiger partial charge in [0, 0.05) is 44.0 Å². The van der Waals surface area contributed by atoms with Gasteiger partial charge in [-0.2, -0.15) is 5.26 Å². The van der Waals surface area contributed by atoms with Gasteiger partial charge in [0.05, 0.1) is 34.7 Å². The van der Waals surface area contributed by atoms with Crippen LogP contribution < -0.4 is 0 Å². The van der Waals surface area contributed by atoms with Crippen molar-refractivity contribution in [3.63, 3.8) is 0 Å². The zero-order valence-corrected chi connectivity index (χ0v) is 22.5. The predicted octanol–water partition coefficient (Wildman–Crippen LogP) is 9.97. The highest BCUT2D eigenvalue weighted by Crippen LogP contribution is 2.40. The summed E-state index contributed by atoms with van der Waals surface area (Å²) in [5.74, 6) is 0. The molecule has 2 heterocycles. The fraction of sp³-hybridized carbons (Fsp3) is 0. The quantitative estimate of drug-likeness (QED) is 0.208. The van der Waals surface area contributed by atoms with E-state index in [1.807, 2.05) is 12.1 Å². The normalized spacial score (nSPS) is 11.3. The second-order valence-corrected chi connectivity index (χ2v) is 10.4. The van der Waals surface area contributed by atoms with E-state index in [0.29, 0.717) is 16.8 Å². The summed E-state index contributed by atoms with van der Waals surface area (Å²) in [6.07, 6.45) is 0. The molecule has 0 fully saturated rings. The average Bonchev–Trinajstić information content (AvgIpc) is 3.57. The summed E-state index contributed by atoms with van der Waals surface area (Å²) in [6, 6.07) is 48.1. The van der Waals surface area contributed by atoms with E-state index >= 15 is 0 Å². The summed E-state index contributed by atoms with van der Waals surface area (Å²) in [6.45, 7) is 7.71. The van der Waals surface area contributed by atoms with Crippen LogP contribution in [0.4, 0.5) is 5.69 Å². The SMILES string of the molecule is [C-]#[N+]c1cccc(C#N)c1-c1ccc2c(c1)c1ccccc1n2-c1ccc2c(c1)c1ccccc1n2-c1ccccc1. The van der Waals surface area contributed by atoms with Gasteiger partial charge in [-0.3, -0.25) is 0 Å². The van der Waals surface area contributed by atoms with Gasteiger partial charge >= 0.3 is 0 Å². The van der Waals surface area contributed by atoms with Crippen molar-refractivity contribution in [1.82, 2.24) is 9.13 Å². The Morgan fingerprint density at radius 3 is 1.81 bits per heavy atom. The summed E-state index contributed by atoms with van der Waals surface area (Å²) in [4.78, 5) is 3.72. The Kier molecular flexibility index (Phi) is 5.22. The zero-order chi connectivity index (χ0) is 28.2. The van der Waals surface area contributed by atoms with E-state index in [1.165, 1.54) is 16.3 Å². The molecule has 4 heteroatoms. The van der Waals surface area contributed by atoms with E-state index in [2.05, 4.69) is 123 Å². The molecule has 0 saturated carbocycles. The van der Waals surface area contributed by atoms with E-state index < -0.39 is 0 Å². The minimum Gasteiger partial charge on any atom is -0.309 e. The van der Waals surface area contributed by atoms with Crippen molar-refractivity contribution in [2.24, 2.45) is 0 Å². The Morgan fingerprint density at radius 2 is 1.12 bits per heavy atom. The molecule has 0 radical (unpaired) electrons. The number of para-hydroxylation sites is 3. The Labute approximate surface area is 242 Å². The van der Waals surface area contributed by atoms with E-state index in [-0.39, 0.29) is 0 Å². The Morgan fingerprint density at radius 1 is 0.524 bits per heavy atom. The van der Waals surface area contributed by atoms with Crippen molar-refractivity contribution in [3.8, 4) is 28.6 Å². The summed E-state index contributed by atoms with van der Waals surface area (Å²) >= 11 is 0. The largest absolute Gasteiger partial charge is 0.309 e. The number of hydrogen-bond donors (Lipinski definition) is 0. The lowest BCUT2D eigenvalue weighted by Gasteiger charge is -2.11. The number of fused-ring (bicyclic) bond motifs is 6. The lowest BCUT2D eigenvalue weighted by Crippen LogP contribution is -1.95. The van der Waals surface area contributed by atoms with Crippen molar-refractivity contribution in [3.05, 3.63) is 150 Å². The van der Waals surface area contributed by atoms with Crippen LogP contribution in [0.3, 0.4) is 0 Å². The molecule has 194 valence electrons. The van der Waals surface area contributed by atoms with E-state index in [4.69, 9.17) is 6.57 Å². The van der Waals surface area contributed by atoms with E-state index in [1.54, 1.807) is 18.2 Å². The molecule has 0 saturated heterocycles. The molecule has 0 aliphatic rings. The Bertz CT molecular complexity index is 2400. The number of nitrogens with zero attached hydrogens (tertiary/aromatic N) is 4. The van der Waals surface area contributed by atoms with Gasteiger partial charge in [0.25, 0.3) is 0 Å². The molecule has 0 spiro atoms. The molecule has 0 amide bonds. The minimum absolute atomic E-state index is 0.484. The van der Waals surface area contributed by atoms with Crippen LogP contribution in [0.25, 0.3) is 71.0 Å². The average molecular weight is 535 g/mol. The summed E-state index contributed by atoms with van der Waals surface area (Å²) in [5.41, 5.74) is 9.28. The molecule has 0 unspecified atom stereocenters. The van der Waals surface area contributed by atoms with Crippen LogP contribution in [-0.4, -0.2) is 9.13 Å². The third-order valence-corrected chi connectivity index (χ3v) is 8.17. The van der Waals surface area contributed by atoms with E-state index in [9.17, 15) is 5.26 Å². The van der Waals surface area contributed by atoms with Crippen molar-refractivity contribution < 1.29 is 0 Å². The summed E-state index contributed by atoms with van der Waals surface area (Å²) < 4.78 is 4.64. The molecule has 0 aliphatic carbocycles. The van der Waals surface area contributed by atoms with Crippen LogP contribution in [0.15, 0.2) is 133 Å². The van der Waals surface area contributed by atoms with Crippen LogP contribution in [0.2, 0.25) is 0 Å². The molecule has 0 bridgehead atoms. The maximum atomic E-state index is 9.82. The topological polar surface area (TPSA) is 38.0 Å². The number of aromatic nitrogens is 2. The highest BCUT2D eigenvalue weighted by molar-refractivity contribution is 6.13. The molecular weight excluding hydrogens is 512 g/mol. The van der Waals surface area contributed by atoms with Crippen molar-refractivity contribution in [1.29, 1.82) is 5.26 Å². The van der Waals surface area contributed by atoms with Gasteiger partial charge in [0.2, 0.25) is 0 Å². The first-order chi connectivity index (χ1) is 20.8. The molecule has 0 atom stereocenters. The van der Waals surface area contributed by atoms with Gasteiger partial charge in [0.15, 0.2) is 5.69 Å². The van der Waals surface area contributed by atoms with Crippen LogP contribution in [0.1, 0.15) is 5.56 Å². The van der Waals surface area contributed by atoms with Crippen LogP contribution in [0.5, 0.6) is 0 Å². The monoisotopic (exact) mass is 534 g/mol. The number of nitriles is 1. The molecule has 8 aromatic rings. The third kappa shape index (κ3) is 3.40. The molecule has 8 rings (SSSR count). The first kappa shape index (κ1) is 23.8. The van der Waals surface area contributed by atoms with Gasteiger partial charge < -0.3 is 9.13 Å². The van der Waals surface area contributed by atoms with Crippen LogP contribution in [0, 0.1) is 17.9 Å². The number of rotatable bonds is 3. The summed E-state index contributed by atoms with van der Waals surface area (Å²) in [5, 5.41) is 14.4. The zero-order valence-electron chi connectivity index (χ0n) is 22.5. The highest BCUT2D eigenvalue weighted by Gasteiger charge is 2.18. The van der Waals surface area contributed by atoms with Gasteiger partial charge in [-0.25, -0.2) is 4.85 Å². The standard InChI is InChI=1S/C38H22N4/c1-40-33-15-9-10-26(24-39)38(33)25-18-20-36-31(22-25)29-13-5-8-17-35(29)42(36)28-19-21-37-32(23-28)30-14-6-7-16-34(30)41(37)27-11-3-2-4-12-27/h2-23H. The van der Waals surface area contributed by atoms with Crippen LogP contribution in [-0.2, 0) is 0 Å². The molecular formula is C38H22N4. The Hall–Kier alpha value is -6.10. The first-order valence-electron chi connectivity index (χ1n) is 13.8. The summed E-state index contributed by atoms with van der Waals surface area (Å²) in [7, 11) is 0. The molecule has 0 aliphatic heterocycles. The molecule has 4 nitrogen and oxygen atoms in total. The Balaban J connectivity index is 1.40. The predicted molar refractivity (Wildman–Crippen MR) is 172 cm³/mol. The lowest BCUT2D eigenvalue weighted by atomic mass is 9.97. The fourth-order valence-corrected chi connectivity index (χ4v) is 6.39. The van der Waals surface area contributed by atoms with Crippen molar-refractivity contribution >= 4 is 49.3 Å². The molecule has 6 aromatic carbocycles. The van der Waals surface area contributed by atoms with Gasteiger partial charge in [-0.15, -0.1) is 0 Å². The molecule has 0 N–H and O–H groups in total. The second-order valence-electron chi connectivity index (χ2n) is 10.4. The van der Waals surface area contributed by atoms with Gasteiger partial charge in [-0.05, 0) is 66.2 Å². The lowest BCUT2D eigenvalue weighted by molar-refractivity contribution is 1.17. The third-order valence-electron chi connectivity index (χ3n) is 8.17. The molecule has 42 heavy (non-hydrogen) atoms. The van der Waals surface area contributed by atoms with Crippen molar-refractivity contribution in [2.75, 3.05) is 0 Å². The highest BCUT2D eigenvalue weighted by atomic mass is 15.0. The number of benzene rings is 6.